The lowest BCUT2D eigenvalue weighted by Gasteiger charge is -2.35. The van der Waals surface area contributed by atoms with Crippen LogP contribution in [0.15, 0.2) is 24.3 Å². The molecule has 1 N–H and O–H groups in total. The van der Waals surface area contributed by atoms with Gasteiger partial charge in [0.25, 0.3) is 0 Å². The molecule has 1 aliphatic rings. The van der Waals surface area contributed by atoms with Gasteiger partial charge in [0.15, 0.2) is 0 Å². The third-order valence-corrected chi connectivity index (χ3v) is 3.64. The molecule has 16 heavy (non-hydrogen) atoms. The van der Waals surface area contributed by atoms with Crippen molar-refractivity contribution in [3.8, 4) is 0 Å². The Morgan fingerprint density at radius 3 is 2.69 bits per heavy atom. The lowest BCUT2D eigenvalue weighted by atomic mass is 9.83. The molecule has 0 radical (unpaired) electrons. The van der Waals surface area contributed by atoms with Crippen LogP contribution in [0.4, 0.5) is 4.39 Å². The van der Waals surface area contributed by atoms with Gasteiger partial charge >= 0.3 is 0 Å². The number of benzene rings is 1. The Balaban J connectivity index is 2.26. The molecule has 2 atom stereocenters. The van der Waals surface area contributed by atoms with E-state index in [4.69, 9.17) is 0 Å². The van der Waals surface area contributed by atoms with Gasteiger partial charge in [-0.1, -0.05) is 30.7 Å². The van der Waals surface area contributed by atoms with Crippen LogP contribution >= 0.6 is 0 Å². The van der Waals surface area contributed by atoms with Gasteiger partial charge in [-0.2, -0.15) is 0 Å². The second kappa shape index (κ2) is 4.54. The van der Waals surface area contributed by atoms with Gasteiger partial charge in [-0.25, -0.2) is 4.39 Å². The summed E-state index contributed by atoms with van der Waals surface area (Å²) in [5.41, 5.74) is 0.612. The predicted octanol–water partition coefficient (Wildman–Crippen LogP) is 3.32. The Morgan fingerprint density at radius 1 is 1.31 bits per heavy atom. The third kappa shape index (κ3) is 2.12. The molecule has 1 fully saturated rings. The Bertz CT molecular complexity index is 354. The van der Waals surface area contributed by atoms with Gasteiger partial charge in [-0.15, -0.1) is 0 Å². The lowest BCUT2D eigenvalue weighted by Crippen LogP contribution is -2.46. The first-order valence-corrected chi connectivity index (χ1v) is 6.11. The van der Waals surface area contributed by atoms with Crippen molar-refractivity contribution in [3.05, 3.63) is 35.4 Å². The van der Waals surface area contributed by atoms with Crippen LogP contribution in [0.5, 0.6) is 0 Å². The first-order chi connectivity index (χ1) is 7.62. The zero-order chi connectivity index (χ0) is 11.6. The van der Waals surface area contributed by atoms with E-state index in [0.717, 1.165) is 30.5 Å². The van der Waals surface area contributed by atoms with Crippen molar-refractivity contribution in [3.63, 3.8) is 0 Å². The van der Waals surface area contributed by atoms with Crippen molar-refractivity contribution >= 4 is 0 Å². The smallest absolute Gasteiger partial charge is 0.148 e. The predicted molar refractivity (Wildman–Crippen MR) is 65.3 cm³/mol. The highest BCUT2D eigenvalue weighted by Crippen LogP contribution is 2.34. The maximum Gasteiger partial charge on any atom is 0.148 e. The van der Waals surface area contributed by atoms with E-state index in [1.54, 1.807) is 6.92 Å². The molecule has 0 amide bonds. The molecule has 2 unspecified atom stereocenters. The topological polar surface area (TPSA) is 12.0 Å². The van der Waals surface area contributed by atoms with Crippen LogP contribution in [0.1, 0.15) is 37.3 Å². The molecule has 0 aliphatic carbocycles. The summed E-state index contributed by atoms with van der Waals surface area (Å²) in [7, 11) is 0. The van der Waals surface area contributed by atoms with E-state index in [1.807, 2.05) is 31.2 Å². The monoisotopic (exact) mass is 221 g/mol. The summed E-state index contributed by atoms with van der Waals surface area (Å²) in [5.74, 6) is 0. The Morgan fingerprint density at radius 2 is 2.06 bits per heavy atom. The van der Waals surface area contributed by atoms with Crippen molar-refractivity contribution < 1.29 is 4.39 Å². The standard InChI is InChI=1S/C14H20FN/c1-11-7-3-4-8-12(11)14(2,15)13-9-5-6-10-16-13/h3-4,7-8,13,16H,5-6,9-10H2,1-2H3. The molecule has 1 heterocycles. The van der Waals surface area contributed by atoms with E-state index in [-0.39, 0.29) is 6.04 Å². The second-order valence-corrected chi connectivity index (χ2v) is 4.89. The van der Waals surface area contributed by atoms with Gasteiger partial charge in [-0.3, -0.25) is 0 Å². The maximum absolute atomic E-state index is 14.9. The largest absolute Gasteiger partial charge is 0.311 e. The lowest BCUT2D eigenvalue weighted by molar-refractivity contribution is 0.107. The number of hydrogen-bond acceptors (Lipinski definition) is 1. The summed E-state index contributed by atoms with van der Waals surface area (Å²) < 4.78 is 14.9. The number of piperidine rings is 1. The number of rotatable bonds is 2. The number of halogens is 1. The highest BCUT2D eigenvalue weighted by Gasteiger charge is 2.37. The van der Waals surface area contributed by atoms with Crippen LogP contribution in [0, 0.1) is 6.92 Å². The van der Waals surface area contributed by atoms with Gasteiger partial charge in [0.2, 0.25) is 0 Å². The SMILES string of the molecule is Cc1ccccc1C(C)(F)C1CCCCN1. The minimum absolute atomic E-state index is 0.0395. The Kier molecular flexibility index (Phi) is 3.29. The fraction of sp³-hybridized carbons (Fsp3) is 0.571. The molecule has 1 nitrogen and oxygen atoms in total. The highest BCUT2D eigenvalue weighted by molar-refractivity contribution is 5.32. The van der Waals surface area contributed by atoms with E-state index in [0.29, 0.717) is 0 Å². The van der Waals surface area contributed by atoms with E-state index < -0.39 is 5.67 Å². The maximum atomic E-state index is 14.9. The number of aryl methyl sites for hydroxylation is 1. The molecular formula is C14H20FN. The highest BCUT2D eigenvalue weighted by atomic mass is 19.1. The molecule has 0 aromatic heterocycles. The average Bonchev–Trinajstić information content (AvgIpc) is 2.30. The third-order valence-electron chi connectivity index (χ3n) is 3.64. The number of hydrogen-bond donors (Lipinski definition) is 1. The second-order valence-electron chi connectivity index (χ2n) is 4.89. The molecule has 0 saturated carbocycles. The normalized spacial score (nSPS) is 25.1. The Hall–Kier alpha value is -0.890. The molecule has 0 spiro atoms. The van der Waals surface area contributed by atoms with Crippen molar-refractivity contribution in [1.29, 1.82) is 0 Å². The van der Waals surface area contributed by atoms with Gasteiger partial charge in [0.05, 0.1) is 0 Å². The van der Waals surface area contributed by atoms with Crippen LogP contribution in [0.25, 0.3) is 0 Å². The molecule has 88 valence electrons. The van der Waals surface area contributed by atoms with Gasteiger partial charge in [0.1, 0.15) is 5.67 Å². The summed E-state index contributed by atoms with van der Waals surface area (Å²) in [6.45, 7) is 4.63. The van der Waals surface area contributed by atoms with Gasteiger partial charge in [-0.05, 0) is 44.4 Å². The zero-order valence-corrected chi connectivity index (χ0v) is 10.1. The minimum Gasteiger partial charge on any atom is -0.311 e. The molecular weight excluding hydrogens is 201 g/mol. The van der Waals surface area contributed by atoms with Crippen molar-refractivity contribution in [1.82, 2.24) is 5.32 Å². The fourth-order valence-corrected chi connectivity index (χ4v) is 2.62. The molecule has 1 aliphatic heterocycles. The van der Waals surface area contributed by atoms with E-state index >= 15 is 0 Å². The summed E-state index contributed by atoms with van der Waals surface area (Å²) in [6, 6.07) is 7.73. The zero-order valence-electron chi connectivity index (χ0n) is 10.1. The van der Waals surface area contributed by atoms with E-state index in [9.17, 15) is 4.39 Å². The van der Waals surface area contributed by atoms with Crippen LogP contribution in [-0.4, -0.2) is 12.6 Å². The summed E-state index contributed by atoms with van der Waals surface area (Å²) in [4.78, 5) is 0. The first kappa shape index (κ1) is 11.6. The van der Waals surface area contributed by atoms with Crippen LogP contribution in [0.3, 0.4) is 0 Å². The van der Waals surface area contributed by atoms with Gasteiger partial charge in [0, 0.05) is 6.04 Å². The molecule has 1 aromatic carbocycles. The molecule has 2 rings (SSSR count). The summed E-state index contributed by atoms with van der Waals surface area (Å²) in [5, 5.41) is 3.31. The van der Waals surface area contributed by atoms with Gasteiger partial charge < -0.3 is 5.32 Å². The van der Waals surface area contributed by atoms with Crippen LogP contribution < -0.4 is 5.32 Å². The molecule has 1 saturated heterocycles. The summed E-state index contributed by atoms with van der Waals surface area (Å²) >= 11 is 0. The molecule has 2 heteroatoms. The summed E-state index contributed by atoms with van der Waals surface area (Å²) in [6.07, 6.45) is 3.23. The van der Waals surface area contributed by atoms with E-state index in [1.165, 1.54) is 6.42 Å². The van der Waals surface area contributed by atoms with Crippen LogP contribution in [-0.2, 0) is 5.67 Å². The quantitative estimate of drug-likeness (QED) is 0.807. The van der Waals surface area contributed by atoms with Crippen molar-refractivity contribution in [2.45, 2.75) is 44.8 Å². The average molecular weight is 221 g/mol. The van der Waals surface area contributed by atoms with Crippen molar-refractivity contribution in [2.24, 2.45) is 0 Å². The fourth-order valence-electron chi connectivity index (χ4n) is 2.62. The number of alkyl halides is 1. The Labute approximate surface area is 97.1 Å². The first-order valence-electron chi connectivity index (χ1n) is 6.11. The molecule has 1 aromatic rings. The van der Waals surface area contributed by atoms with E-state index in [2.05, 4.69) is 5.32 Å². The minimum atomic E-state index is -1.26. The molecule has 0 bridgehead atoms. The van der Waals surface area contributed by atoms with Crippen LogP contribution in [0.2, 0.25) is 0 Å². The number of nitrogens with one attached hydrogen (secondary N) is 1. The van der Waals surface area contributed by atoms with Crippen molar-refractivity contribution in [2.75, 3.05) is 6.54 Å².